The molecule has 0 fully saturated rings. The lowest BCUT2D eigenvalue weighted by Gasteiger charge is -2.25. The van der Waals surface area contributed by atoms with Crippen LogP contribution in [0.1, 0.15) is 23.6 Å². The Labute approximate surface area is 184 Å². The molecular weight excluding hydrogens is 414 g/mol. The molecule has 0 aromatic heterocycles. The molecule has 31 heavy (non-hydrogen) atoms. The fraction of sp³-hybridized carbons (Fsp3) is 0.130. The van der Waals surface area contributed by atoms with Crippen molar-refractivity contribution in [2.75, 3.05) is 12.4 Å². The van der Waals surface area contributed by atoms with E-state index in [1.165, 1.54) is 19.2 Å². The van der Waals surface area contributed by atoms with Gasteiger partial charge in [0.1, 0.15) is 11.5 Å². The molecule has 0 unspecified atom stereocenters. The lowest BCUT2D eigenvalue weighted by Crippen LogP contribution is -2.31. The molecule has 1 aliphatic heterocycles. The van der Waals surface area contributed by atoms with Crippen LogP contribution < -0.4 is 10.1 Å². The summed E-state index contributed by atoms with van der Waals surface area (Å²) in [4.78, 5) is 0. The third kappa shape index (κ3) is 4.24. The fourth-order valence-corrected chi connectivity index (χ4v) is 3.77. The van der Waals surface area contributed by atoms with Crippen molar-refractivity contribution in [3.63, 3.8) is 0 Å². The molecule has 1 heterocycles. The minimum absolute atomic E-state index is 0.0298. The third-order valence-electron chi connectivity index (χ3n) is 5.02. The van der Waals surface area contributed by atoms with Gasteiger partial charge in [-0.05, 0) is 54.2 Å². The summed E-state index contributed by atoms with van der Waals surface area (Å²) < 4.78 is 5.26. The molecule has 0 radical (unpaired) electrons. The summed E-state index contributed by atoms with van der Waals surface area (Å²) in [6, 6.07) is 18.7. The van der Waals surface area contributed by atoms with Crippen molar-refractivity contribution in [3.8, 4) is 23.0 Å². The Bertz CT molecular complexity index is 1150. The number of hydrazone groups is 1. The van der Waals surface area contributed by atoms with Gasteiger partial charge in [-0.15, -0.1) is 0 Å². The monoisotopic (exact) mass is 435 g/mol. The second kappa shape index (κ2) is 8.53. The van der Waals surface area contributed by atoms with Crippen molar-refractivity contribution in [1.82, 2.24) is 5.01 Å². The van der Waals surface area contributed by atoms with Crippen molar-refractivity contribution in [2.45, 2.75) is 12.5 Å². The molecule has 0 saturated carbocycles. The van der Waals surface area contributed by atoms with Gasteiger partial charge in [0.2, 0.25) is 0 Å². The summed E-state index contributed by atoms with van der Waals surface area (Å²) in [5.41, 5.74) is 2.79. The highest BCUT2D eigenvalue weighted by Gasteiger charge is 2.33. The molecule has 0 amide bonds. The minimum Gasteiger partial charge on any atom is -0.508 e. The van der Waals surface area contributed by atoms with E-state index in [-0.39, 0.29) is 23.3 Å². The Kier molecular flexibility index (Phi) is 5.64. The van der Waals surface area contributed by atoms with Crippen molar-refractivity contribution >= 4 is 28.7 Å². The molecular formula is C23H21N3O4S. The maximum absolute atomic E-state index is 10.3. The first kappa shape index (κ1) is 20.5. The number of ether oxygens (including phenoxy) is 1. The summed E-state index contributed by atoms with van der Waals surface area (Å²) in [7, 11) is 1.49. The predicted molar refractivity (Wildman–Crippen MR) is 123 cm³/mol. The van der Waals surface area contributed by atoms with Crippen molar-refractivity contribution in [3.05, 3.63) is 77.9 Å². The van der Waals surface area contributed by atoms with E-state index in [4.69, 9.17) is 17.0 Å². The van der Waals surface area contributed by atoms with E-state index < -0.39 is 0 Å². The van der Waals surface area contributed by atoms with Gasteiger partial charge < -0.3 is 25.4 Å². The number of hydrogen-bond acceptors (Lipinski definition) is 6. The molecule has 1 atom stereocenters. The van der Waals surface area contributed by atoms with Gasteiger partial charge in [-0.3, -0.25) is 0 Å². The number of benzene rings is 3. The standard InChI is InChI=1S/C23H21N3O4S/c1-30-22-11-14(7-10-20(22)28)19-13-18(17-9-8-16(27)12-21(17)29)25-26(19)23(31)24-15-5-3-2-4-6-15/h2-12,19,27-29H,13H2,1H3,(H,24,31)/t19-/m0/s1. The first-order valence-electron chi connectivity index (χ1n) is 9.58. The highest BCUT2D eigenvalue weighted by Crippen LogP contribution is 2.38. The summed E-state index contributed by atoms with van der Waals surface area (Å²) in [5.74, 6) is 0.292. The molecule has 158 valence electrons. The third-order valence-corrected chi connectivity index (χ3v) is 5.31. The van der Waals surface area contributed by atoms with Crippen LogP contribution in [-0.2, 0) is 0 Å². The van der Waals surface area contributed by atoms with Gasteiger partial charge in [0.05, 0.1) is 18.9 Å². The van der Waals surface area contributed by atoms with E-state index in [9.17, 15) is 15.3 Å². The summed E-state index contributed by atoms with van der Waals surface area (Å²) in [6.45, 7) is 0. The second-order valence-corrected chi connectivity index (χ2v) is 7.43. The Balaban J connectivity index is 1.71. The van der Waals surface area contributed by atoms with Gasteiger partial charge in [0.15, 0.2) is 16.6 Å². The van der Waals surface area contributed by atoms with Gasteiger partial charge in [-0.1, -0.05) is 24.3 Å². The van der Waals surface area contributed by atoms with Gasteiger partial charge in [-0.25, -0.2) is 5.01 Å². The largest absolute Gasteiger partial charge is 0.508 e. The van der Waals surface area contributed by atoms with Gasteiger partial charge in [-0.2, -0.15) is 5.10 Å². The molecule has 4 N–H and O–H groups in total. The Morgan fingerprint density at radius 3 is 2.52 bits per heavy atom. The average Bonchev–Trinajstić information content (AvgIpc) is 3.20. The first-order valence-corrected chi connectivity index (χ1v) is 9.99. The fourth-order valence-electron chi connectivity index (χ4n) is 3.49. The molecule has 3 aromatic carbocycles. The molecule has 4 rings (SSSR count). The number of hydrogen-bond donors (Lipinski definition) is 4. The molecule has 8 heteroatoms. The number of nitrogens with one attached hydrogen (secondary N) is 1. The number of nitrogens with zero attached hydrogens (tertiary/aromatic N) is 2. The highest BCUT2D eigenvalue weighted by atomic mass is 32.1. The van der Waals surface area contributed by atoms with Gasteiger partial charge in [0.25, 0.3) is 0 Å². The number of methoxy groups -OCH3 is 1. The van der Waals surface area contributed by atoms with E-state index in [2.05, 4.69) is 10.4 Å². The van der Waals surface area contributed by atoms with E-state index in [0.717, 1.165) is 11.3 Å². The van der Waals surface area contributed by atoms with Crippen molar-refractivity contribution in [1.29, 1.82) is 0 Å². The Hall–Kier alpha value is -3.78. The number of phenols is 3. The maximum atomic E-state index is 10.3. The number of phenolic OH excluding ortho intramolecular Hbond substituents is 3. The quantitative estimate of drug-likeness (QED) is 0.452. The van der Waals surface area contributed by atoms with Gasteiger partial charge >= 0.3 is 0 Å². The van der Waals surface area contributed by atoms with E-state index in [1.54, 1.807) is 29.3 Å². The van der Waals surface area contributed by atoms with Crippen LogP contribution in [0.3, 0.4) is 0 Å². The number of anilines is 1. The van der Waals surface area contributed by atoms with E-state index in [0.29, 0.717) is 28.6 Å². The number of thiocarbonyl (C=S) groups is 1. The van der Waals surface area contributed by atoms with Crippen LogP contribution in [0.2, 0.25) is 0 Å². The Morgan fingerprint density at radius 2 is 1.81 bits per heavy atom. The molecule has 0 saturated heterocycles. The molecule has 1 aliphatic rings. The van der Waals surface area contributed by atoms with E-state index in [1.807, 2.05) is 30.3 Å². The number of para-hydroxylation sites is 1. The van der Waals surface area contributed by atoms with Crippen LogP contribution >= 0.6 is 12.2 Å². The summed E-state index contributed by atoms with van der Waals surface area (Å²) in [5, 5.41) is 39.9. The molecule has 3 aromatic rings. The predicted octanol–water partition coefficient (Wildman–Crippen LogP) is 4.36. The smallest absolute Gasteiger partial charge is 0.194 e. The van der Waals surface area contributed by atoms with Crippen LogP contribution in [0.4, 0.5) is 5.69 Å². The van der Waals surface area contributed by atoms with Crippen LogP contribution in [0, 0.1) is 0 Å². The average molecular weight is 436 g/mol. The zero-order chi connectivity index (χ0) is 22.0. The molecule has 7 nitrogen and oxygen atoms in total. The zero-order valence-electron chi connectivity index (χ0n) is 16.7. The Morgan fingerprint density at radius 1 is 1.03 bits per heavy atom. The highest BCUT2D eigenvalue weighted by molar-refractivity contribution is 7.80. The summed E-state index contributed by atoms with van der Waals surface area (Å²) in [6.07, 6.45) is 0.447. The molecule has 0 spiro atoms. The topological polar surface area (TPSA) is 97.5 Å². The molecule has 0 bridgehead atoms. The number of aromatic hydroxyl groups is 3. The van der Waals surface area contributed by atoms with Crippen molar-refractivity contribution < 1.29 is 20.1 Å². The normalized spacial score (nSPS) is 15.5. The van der Waals surface area contributed by atoms with Crippen molar-refractivity contribution in [2.24, 2.45) is 5.10 Å². The van der Waals surface area contributed by atoms with Crippen LogP contribution in [-0.4, -0.2) is 38.3 Å². The second-order valence-electron chi connectivity index (χ2n) is 7.04. The first-order chi connectivity index (χ1) is 15.0. The molecule has 0 aliphatic carbocycles. The lowest BCUT2D eigenvalue weighted by molar-refractivity contribution is 0.360. The maximum Gasteiger partial charge on any atom is 0.194 e. The SMILES string of the molecule is COc1cc([C@@H]2CC(c3ccc(O)cc3O)=NN2C(=S)Nc2ccccc2)ccc1O. The zero-order valence-corrected chi connectivity index (χ0v) is 17.5. The number of rotatable bonds is 4. The lowest BCUT2D eigenvalue weighted by atomic mass is 9.97. The van der Waals surface area contributed by atoms with Crippen LogP contribution in [0.15, 0.2) is 71.8 Å². The van der Waals surface area contributed by atoms with Crippen LogP contribution in [0.5, 0.6) is 23.0 Å². The summed E-state index contributed by atoms with van der Waals surface area (Å²) >= 11 is 5.64. The minimum atomic E-state index is -0.290. The van der Waals surface area contributed by atoms with Gasteiger partial charge in [0, 0.05) is 23.7 Å². The van der Waals surface area contributed by atoms with E-state index >= 15 is 0 Å². The van der Waals surface area contributed by atoms with Crippen LogP contribution in [0.25, 0.3) is 0 Å².